The molecule has 0 amide bonds. The van der Waals surface area contributed by atoms with E-state index in [2.05, 4.69) is 4.90 Å². The Morgan fingerprint density at radius 3 is 2.31 bits per heavy atom. The number of para-hydroxylation sites is 1. The second-order valence-electron chi connectivity index (χ2n) is 8.53. The van der Waals surface area contributed by atoms with Crippen LogP contribution in [0.1, 0.15) is 38.5 Å². The molecular formula is C20H26N3O2S+. The van der Waals surface area contributed by atoms with Crippen molar-refractivity contribution in [3.63, 3.8) is 0 Å². The van der Waals surface area contributed by atoms with E-state index in [1.807, 2.05) is 36.5 Å². The summed E-state index contributed by atoms with van der Waals surface area (Å²) in [4.78, 5) is 2.38. The quantitative estimate of drug-likeness (QED) is 0.761. The molecule has 2 aliphatic heterocycles. The number of likely N-dealkylation sites (tertiary alicyclic amines) is 1. The minimum atomic E-state index is -3.49. The molecule has 0 radical (unpaired) electrons. The fraction of sp³-hybridized carbons (Fsp3) is 0.550. The van der Waals surface area contributed by atoms with E-state index < -0.39 is 14.0 Å². The molecule has 1 atom stereocenters. The van der Waals surface area contributed by atoms with Crippen molar-refractivity contribution in [2.45, 2.75) is 38.5 Å². The molecule has 1 aromatic carbocycles. The molecule has 2 saturated carbocycles. The van der Waals surface area contributed by atoms with E-state index in [-0.39, 0.29) is 0 Å². The average molecular weight is 373 g/mol. The van der Waals surface area contributed by atoms with Crippen LogP contribution in [0.25, 0.3) is 0 Å². The molecule has 1 saturated heterocycles. The minimum Gasteiger partial charge on any atom is -0.364 e. The molecule has 1 aromatic rings. The van der Waals surface area contributed by atoms with E-state index in [0.29, 0.717) is 17.0 Å². The summed E-state index contributed by atoms with van der Waals surface area (Å²) in [6.45, 7) is 2.12. The van der Waals surface area contributed by atoms with E-state index in [0.717, 1.165) is 37.3 Å². The Hall–Kier alpha value is -1.66. The highest BCUT2D eigenvalue weighted by Gasteiger charge is 2.54. The number of benzene rings is 1. The van der Waals surface area contributed by atoms with Crippen LogP contribution in [0.15, 0.2) is 47.3 Å². The molecule has 138 valence electrons. The summed E-state index contributed by atoms with van der Waals surface area (Å²) in [6, 6.07) is 9.42. The monoisotopic (exact) mass is 372 g/mol. The standard InChI is InChI=1S/C20H26N3O2S/c1-26(24,25)23(17-9-3-2-4-10-17)13-18(19(21-23)16-7-5-8-16)22-14-20(15-22)11-6-12-20/h2-4,9-10,13,16H,5-8,11-12,14-15H2,1H3/q+1. The summed E-state index contributed by atoms with van der Waals surface area (Å²) >= 11 is 0. The summed E-state index contributed by atoms with van der Waals surface area (Å²) in [6.07, 6.45) is 10.6. The van der Waals surface area contributed by atoms with Crippen molar-refractivity contribution in [2.75, 3.05) is 19.3 Å². The van der Waals surface area contributed by atoms with Gasteiger partial charge in [0, 0.05) is 36.6 Å². The number of hydrogen-bond donors (Lipinski definition) is 0. The van der Waals surface area contributed by atoms with Crippen LogP contribution in [0, 0.1) is 11.3 Å². The van der Waals surface area contributed by atoms with Crippen LogP contribution in [0.3, 0.4) is 0 Å². The third-order valence-corrected chi connectivity index (χ3v) is 8.16. The van der Waals surface area contributed by atoms with Gasteiger partial charge < -0.3 is 4.90 Å². The molecule has 6 heteroatoms. The van der Waals surface area contributed by atoms with Gasteiger partial charge in [-0.1, -0.05) is 36.1 Å². The van der Waals surface area contributed by atoms with Crippen molar-refractivity contribution < 1.29 is 8.42 Å². The topological polar surface area (TPSA) is 49.7 Å². The van der Waals surface area contributed by atoms with Gasteiger partial charge in [-0.3, -0.25) is 0 Å². The molecule has 4 aliphatic rings. The van der Waals surface area contributed by atoms with Crippen LogP contribution in [-0.4, -0.2) is 38.4 Å². The van der Waals surface area contributed by atoms with Crippen LogP contribution < -0.4 is 4.00 Å². The molecule has 1 unspecified atom stereocenters. The number of hydrogen-bond acceptors (Lipinski definition) is 4. The zero-order valence-electron chi connectivity index (χ0n) is 15.3. The number of rotatable bonds is 4. The number of nitrogens with zero attached hydrogens (tertiary/aromatic N) is 3. The van der Waals surface area contributed by atoms with E-state index >= 15 is 0 Å². The Kier molecular flexibility index (Phi) is 3.44. The predicted molar refractivity (Wildman–Crippen MR) is 104 cm³/mol. The fourth-order valence-corrected chi connectivity index (χ4v) is 5.78. The first-order chi connectivity index (χ1) is 12.4. The zero-order valence-corrected chi connectivity index (χ0v) is 16.1. The summed E-state index contributed by atoms with van der Waals surface area (Å²) in [5, 5.41) is 4.89. The maximum absolute atomic E-state index is 12.9. The highest BCUT2D eigenvalue weighted by Crippen LogP contribution is 2.51. The van der Waals surface area contributed by atoms with Gasteiger partial charge in [0.1, 0.15) is 11.4 Å². The number of sulfonamides is 1. The molecule has 2 aliphatic carbocycles. The Balaban J connectivity index is 1.59. The Morgan fingerprint density at radius 1 is 1.12 bits per heavy atom. The van der Waals surface area contributed by atoms with Crippen LogP contribution in [0.2, 0.25) is 0 Å². The van der Waals surface area contributed by atoms with Gasteiger partial charge in [-0.15, -0.1) is 0 Å². The highest BCUT2D eigenvalue weighted by molar-refractivity contribution is 7.90. The van der Waals surface area contributed by atoms with Crippen molar-refractivity contribution in [1.29, 1.82) is 0 Å². The molecule has 0 N–H and O–H groups in total. The third-order valence-electron chi connectivity index (χ3n) is 6.75. The Labute approximate surface area is 155 Å². The maximum atomic E-state index is 12.9. The van der Waals surface area contributed by atoms with Crippen molar-refractivity contribution in [3.8, 4) is 0 Å². The molecule has 5 rings (SSSR count). The SMILES string of the molecule is CS(=O)(=O)[N+]1(c2ccccc2)C=C(N2CC3(CCC3)C2)C(C2CCC2)=N1. The lowest BCUT2D eigenvalue weighted by molar-refractivity contribution is -0.0351. The van der Waals surface area contributed by atoms with Gasteiger partial charge in [0.2, 0.25) is 0 Å². The molecule has 0 aromatic heterocycles. The van der Waals surface area contributed by atoms with Gasteiger partial charge in [0.05, 0.1) is 6.26 Å². The van der Waals surface area contributed by atoms with Gasteiger partial charge in [0.15, 0.2) is 11.9 Å². The number of allylic oxidation sites excluding steroid dienone is 1. The second kappa shape index (κ2) is 5.42. The average Bonchev–Trinajstić information content (AvgIpc) is 2.85. The second-order valence-corrected chi connectivity index (χ2v) is 10.6. The van der Waals surface area contributed by atoms with Crippen molar-refractivity contribution in [3.05, 3.63) is 42.2 Å². The molecule has 1 spiro atoms. The van der Waals surface area contributed by atoms with Crippen LogP contribution >= 0.6 is 0 Å². The van der Waals surface area contributed by atoms with Crippen molar-refractivity contribution >= 4 is 21.4 Å². The summed E-state index contributed by atoms with van der Waals surface area (Å²) in [5.74, 6) is 0.407. The van der Waals surface area contributed by atoms with E-state index in [9.17, 15) is 8.42 Å². The van der Waals surface area contributed by atoms with Gasteiger partial charge in [0.25, 0.3) is 0 Å². The first-order valence-electron chi connectivity index (χ1n) is 9.65. The number of quaternary nitrogens is 1. The van der Waals surface area contributed by atoms with Gasteiger partial charge in [-0.2, -0.15) is 8.42 Å². The Morgan fingerprint density at radius 2 is 1.81 bits per heavy atom. The van der Waals surface area contributed by atoms with Crippen LogP contribution in [0.4, 0.5) is 5.69 Å². The van der Waals surface area contributed by atoms with E-state index in [1.165, 1.54) is 31.9 Å². The zero-order chi connectivity index (χ0) is 18.0. The Bertz CT molecular complexity index is 890. The fourth-order valence-electron chi connectivity index (χ4n) is 4.75. The molecule has 3 fully saturated rings. The third kappa shape index (κ3) is 2.24. The lowest BCUT2D eigenvalue weighted by atomic mass is 9.63. The van der Waals surface area contributed by atoms with Crippen molar-refractivity contribution in [2.24, 2.45) is 16.4 Å². The van der Waals surface area contributed by atoms with E-state index in [1.54, 1.807) is 0 Å². The first kappa shape index (κ1) is 16.5. The van der Waals surface area contributed by atoms with Gasteiger partial charge in [-0.05, 0) is 29.7 Å². The molecule has 2 heterocycles. The van der Waals surface area contributed by atoms with Gasteiger partial charge in [-0.25, -0.2) is 0 Å². The summed E-state index contributed by atoms with van der Waals surface area (Å²) in [7, 11) is -3.49. The molecule has 26 heavy (non-hydrogen) atoms. The van der Waals surface area contributed by atoms with Gasteiger partial charge >= 0.3 is 10.0 Å². The largest absolute Gasteiger partial charge is 0.364 e. The minimum absolute atomic E-state index is 0.407. The summed E-state index contributed by atoms with van der Waals surface area (Å²) in [5.41, 5.74) is 3.28. The maximum Gasteiger partial charge on any atom is 0.328 e. The smallest absolute Gasteiger partial charge is 0.328 e. The predicted octanol–water partition coefficient (Wildman–Crippen LogP) is 3.45. The lowest BCUT2D eigenvalue weighted by Gasteiger charge is -2.57. The highest BCUT2D eigenvalue weighted by atomic mass is 32.2. The van der Waals surface area contributed by atoms with Crippen LogP contribution in [0.5, 0.6) is 0 Å². The molecule has 5 nitrogen and oxygen atoms in total. The van der Waals surface area contributed by atoms with E-state index in [4.69, 9.17) is 5.10 Å². The first-order valence-corrected chi connectivity index (χ1v) is 11.5. The van der Waals surface area contributed by atoms with Crippen LogP contribution in [-0.2, 0) is 10.0 Å². The summed E-state index contributed by atoms with van der Waals surface area (Å²) < 4.78 is 25.4. The normalized spacial score (nSPS) is 30.3. The molecule has 0 bridgehead atoms. The lowest BCUT2D eigenvalue weighted by Crippen LogP contribution is -2.59. The van der Waals surface area contributed by atoms with Crippen molar-refractivity contribution in [1.82, 2.24) is 8.90 Å². The molecular weight excluding hydrogens is 346 g/mol.